The van der Waals surface area contributed by atoms with Gasteiger partial charge in [0.1, 0.15) is 11.2 Å². The van der Waals surface area contributed by atoms with Crippen LogP contribution < -0.4 is 10.6 Å². The molecule has 3 atom stereocenters. The van der Waals surface area contributed by atoms with Gasteiger partial charge in [0.15, 0.2) is 5.78 Å². The lowest BCUT2D eigenvalue weighted by atomic mass is 9.57. The van der Waals surface area contributed by atoms with Crippen molar-refractivity contribution in [2.45, 2.75) is 82.7 Å². The van der Waals surface area contributed by atoms with E-state index in [1.54, 1.807) is 24.3 Å². The molecule has 1 amide bonds. The van der Waals surface area contributed by atoms with Gasteiger partial charge >= 0.3 is 0 Å². The summed E-state index contributed by atoms with van der Waals surface area (Å²) in [5.74, 6) is -1.25. The van der Waals surface area contributed by atoms with Gasteiger partial charge in [-0.1, -0.05) is 69.1 Å². The Kier molecular flexibility index (Phi) is 6.29. The zero-order valence-electron chi connectivity index (χ0n) is 21.2. The molecule has 0 bridgehead atoms. The van der Waals surface area contributed by atoms with Crippen molar-refractivity contribution in [3.8, 4) is 0 Å². The smallest absolute Gasteiger partial charge is 0.237 e. The van der Waals surface area contributed by atoms with Crippen molar-refractivity contribution in [3.63, 3.8) is 0 Å². The third-order valence-electron chi connectivity index (χ3n) is 9.04. The summed E-state index contributed by atoms with van der Waals surface area (Å²) in [7, 11) is 0. The predicted octanol–water partition coefficient (Wildman–Crippen LogP) is 7.03. The van der Waals surface area contributed by atoms with E-state index in [2.05, 4.69) is 24.5 Å². The number of hydrogen-bond acceptors (Lipinski definition) is 3. The van der Waals surface area contributed by atoms with Crippen LogP contribution in [0, 0.1) is 17.2 Å². The Labute approximate surface area is 222 Å². The number of halogens is 3. The van der Waals surface area contributed by atoms with Crippen LogP contribution in [-0.2, 0) is 15.0 Å². The fraction of sp³-hybridized carbons (Fsp3) is 0.517. The molecular formula is C29H33Cl2FN2O2. The van der Waals surface area contributed by atoms with E-state index in [1.807, 2.05) is 19.9 Å². The zero-order valence-corrected chi connectivity index (χ0v) is 22.7. The van der Waals surface area contributed by atoms with E-state index < -0.39 is 28.7 Å². The van der Waals surface area contributed by atoms with E-state index in [9.17, 15) is 9.59 Å². The molecule has 192 valence electrons. The molecule has 2 aliphatic heterocycles. The number of nitrogens with one attached hydrogen (secondary N) is 2. The Morgan fingerprint density at radius 3 is 2.44 bits per heavy atom. The number of Topliss-reactive ketones (excluding diaryl/α,β-unsaturated/α-hetero) is 1. The van der Waals surface area contributed by atoms with Crippen molar-refractivity contribution in [1.29, 1.82) is 0 Å². The maximum atomic E-state index is 15.8. The molecule has 2 aromatic carbocycles. The summed E-state index contributed by atoms with van der Waals surface area (Å²) >= 11 is 12.5. The van der Waals surface area contributed by atoms with Crippen molar-refractivity contribution < 1.29 is 14.0 Å². The summed E-state index contributed by atoms with van der Waals surface area (Å²) in [5.41, 5.74) is -0.0764. The van der Waals surface area contributed by atoms with E-state index in [0.29, 0.717) is 41.5 Å². The second-order valence-corrected chi connectivity index (χ2v) is 12.4. The summed E-state index contributed by atoms with van der Waals surface area (Å²) in [6, 6.07) is 9.48. The minimum Gasteiger partial charge on any atom is -0.325 e. The SMILES string of the molecule is CCC1(CC)N[C@@H](C(=O)CC2CC(C)(C)C2)[C@H](c2cccc(Cl)c2F)[C@]12C(=O)Nc1cc(Cl)ccc12. The van der Waals surface area contributed by atoms with Gasteiger partial charge in [-0.15, -0.1) is 0 Å². The Hall–Kier alpha value is -1.95. The quantitative estimate of drug-likeness (QED) is 0.421. The number of benzene rings is 2. The van der Waals surface area contributed by atoms with Gasteiger partial charge < -0.3 is 5.32 Å². The van der Waals surface area contributed by atoms with E-state index in [4.69, 9.17) is 23.2 Å². The Balaban J connectivity index is 1.72. The van der Waals surface area contributed by atoms with E-state index >= 15 is 4.39 Å². The number of anilines is 1. The third-order valence-corrected chi connectivity index (χ3v) is 9.57. The molecule has 3 aliphatic rings. The van der Waals surface area contributed by atoms with Crippen molar-refractivity contribution in [2.24, 2.45) is 11.3 Å². The largest absolute Gasteiger partial charge is 0.325 e. The summed E-state index contributed by atoms with van der Waals surface area (Å²) in [6.45, 7) is 8.47. The molecule has 1 spiro atoms. The van der Waals surface area contributed by atoms with Crippen molar-refractivity contribution in [2.75, 3.05) is 5.32 Å². The molecule has 36 heavy (non-hydrogen) atoms. The molecule has 0 radical (unpaired) electrons. The second kappa shape index (κ2) is 8.82. The molecule has 2 aromatic rings. The van der Waals surface area contributed by atoms with Gasteiger partial charge in [0, 0.05) is 28.6 Å². The molecule has 1 saturated heterocycles. The maximum Gasteiger partial charge on any atom is 0.237 e. The number of carbonyl (C=O) groups excluding carboxylic acids is 2. The summed E-state index contributed by atoms with van der Waals surface area (Å²) in [6.07, 6.45) is 3.55. The van der Waals surface area contributed by atoms with Gasteiger partial charge in [-0.25, -0.2) is 4.39 Å². The second-order valence-electron chi connectivity index (χ2n) is 11.6. The minimum absolute atomic E-state index is 0.0187. The first-order valence-corrected chi connectivity index (χ1v) is 13.6. The average molecular weight is 531 g/mol. The highest BCUT2D eigenvalue weighted by Gasteiger charge is 2.71. The van der Waals surface area contributed by atoms with Gasteiger partial charge in [-0.05, 0) is 66.3 Å². The van der Waals surface area contributed by atoms with Gasteiger partial charge in [0.05, 0.1) is 11.1 Å². The number of fused-ring (bicyclic) bond motifs is 2. The molecule has 5 rings (SSSR count). The molecule has 1 aliphatic carbocycles. The minimum atomic E-state index is -1.21. The summed E-state index contributed by atoms with van der Waals surface area (Å²) in [5, 5.41) is 7.15. The number of carbonyl (C=O) groups is 2. The van der Waals surface area contributed by atoms with Gasteiger partial charge in [-0.2, -0.15) is 0 Å². The standard InChI is InChI=1S/C29H33Cl2FN2O2/c1-5-28(6-2)29(19-11-10-17(30)13-21(19)33-26(29)36)23(18-8-7-9-20(31)24(18)32)25(34-28)22(35)12-16-14-27(3,4)15-16/h7-11,13,16,23,25,34H,5-6,12,14-15H2,1-4H3,(H,33,36)/t23-,25-,29+/m0/s1. The first kappa shape index (κ1) is 25.7. The molecule has 0 aromatic heterocycles. The predicted molar refractivity (Wildman–Crippen MR) is 142 cm³/mol. The lowest BCUT2D eigenvalue weighted by Crippen LogP contribution is -2.58. The normalized spacial score (nSPS) is 28.1. The van der Waals surface area contributed by atoms with Crippen LogP contribution in [0.3, 0.4) is 0 Å². The fourth-order valence-corrected chi connectivity index (χ4v) is 8.00. The van der Waals surface area contributed by atoms with E-state index in [1.165, 1.54) is 6.07 Å². The van der Waals surface area contributed by atoms with Crippen LogP contribution in [0.4, 0.5) is 10.1 Å². The summed E-state index contributed by atoms with van der Waals surface area (Å²) in [4.78, 5) is 28.2. The number of amides is 1. The molecule has 4 nitrogen and oxygen atoms in total. The number of hydrogen-bond donors (Lipinski definition) is 2. The van der Waals surface area contributed by atoms with E-state index in [-0.39, 0.29) is 22.1 Å². The lowest BCUT2D eigenvalue weighted by Gasteiger charge is -2.44. The van der Waals surface area contributed by atoms with Gasteiger partial charge in [0.25, 0.3) is 0 Å². The van der Waals surface area contributed by atoms with Crippen molar-refractivity contribution >= 4 is 40.6 Å². The Morgan fingerprint density at radius 1 is 1.11 bits per heavy atom. The fourth-order valence-electron chi connectivity index (χ4n) is 7.64. The highest BCUT2D eigenvalue weighted by molar-refractivity contribution is 6.31. The first-order valence-electron chi connectivity index (χ1n) is 12.9. The lowest BCUT2D eigenvalue weighted by molar-refractivity contribution is -0.124. The zero-order chi connectivity index (χ0) is 26.0. The van der Waals surface area contributed by atoms with Crippen molar-refractivity contribution in [1.82, 2.24) is 5.32 Å². The molecular weight excluding hydrogens is 498 g/mol. The molecule has 2 heterocycles. The highest BCUT2D eigenvalue weighted by Crippen LogP contribution is 2.61. The number of rotatable bonds is 6. The van der Waals surface area contributed by atoms with Crippen LogP contribution in [0.1, 0.15) is 76.8 Å². The Bertz CT molecular complexity index is 1230. The van der Waals surface area contributed by atoms with Crippen LogP contribution in [-0.4, -0.2) is 23.3 Å². The van der Waals surface area contributed by atoms with Gasteiger partial charge in [0.2, 0.25) is 5.91 Å². The van der Waals surface area contributed by atoms with Crippen molar-refractivity contribution in [3.05, 3.63) is 63.4 Å². The van der Waals surface area contributed by atoms with Crippen LogP contribution in [0.15, 0.2) is 36.4 Å². The average Bonchev–Trinajstić information content (AvgIpc) is 3.27. The Morgan fingerprint density at radius 2 is 1.81 bits per heavy atom. The third kappa shape index (κ3) is 3.57. The summed E-state index contributed by atoms with van der Waals surface area (Å²) < 4.78 is 15.8. The topological polar surface area (TPSA) is 58.2 Å². The molecule has 1 saturated carbocycles. The molecule has 2 fully saturated rings. The number of ketones is 1. The van der Waals surface area contributed by atoms with Crippen LogP contribution >= 0.6 is 23.2 Å². The van der Waals surface area contributed by atoms with Crippen LogP contribution in [0.25, 0.3) is 0 Å². The van der Waals surface area contributed by atoms with Crippen LogP contribution in [0.2, 0.25) is 10.0 Å². The van der Waals surface area contributed by atoms with Gasteiger partial charge in [-0.3, -0.25) is 14.9 Å². The molecule has 7 heteroatoms. The maximum absolute atomic E-state index is 15.8. The molecule has 2 N–H and O–H groups in total. The van der Waals surface area contributed by atoms with E-state index in [0.717, 1.165) is 18.4 Å². The monoisotopic (exact) mass is 530 g/mol. The van der Waals surface area contributed by atoms with Crippen LogP contribution in [0.5, 0.6) is 0 Å². The first-order chi connectivity index (χ1) is 17.0. The molecule has 0 unspecified atom stereocenters. The highest BCUT2D eigenvalue weighted by atomic mass is 35.5.